The zero-order valence-electron chi connectivity index (χ0n) is 13.9. The van der Waals surface area contributed by atoms with Crippen LogP contribution in [0.15, 0.2) is 18.2 Å². The van der Waals surface area contributed by atoms with Gasteiger partial charge >= 0.3 is 12.4 Å². The summed E-state index contributed by atoms with van der Waals surface area (Å²) in [5.41, 5.74) is -3.23. The first-order valence-corrected chi connectivity index (χ1v) is 8.14. The average Bonchev–Trinajstić information content (AvgIpc) is 2.48. The van der Waals surface area contributed by atoms with Crippen molar-refractivity contribution in [3.8, 4) is 0 Å². The van der Waals surface area contributed by atoms with Crippen molar-refractivity contribution in [2.24, 2.45) is 0 Å². The van der Waals surface area contributed by atoms with Crippen molar-refractivity contribution >= 4 is 28.8 Å². The van der Waals surface area contributed by atoms with E-state index in [1.54, 1.807) is 0 Å². The third-order valence-corrected chi connectivity index (χ3v) is 3.58. The molecule has 146 valence electrons. The first-order chi connectivity index (χ1) is 11.9. The molecule has 0 heterocycles. The average molecular weight is 400 g/mol. The SMILES string of the molecule is CC(=O)CCCCCNC(=S)Nc1cc(C(F)(F)F)cc(C(F)(F)F)c1. The number of nitrogens with one attached hydrogen (secondary N) is 2. The highest BCUT2D eigenvalue weighted by molar-refractivity contribution is 7.80. The van der Waals surface area contributed by atoms with E-state index in [0.717, 1.165) is 6.42 Å². The molecule has 0 saturated heterocycles. The fraction of sp³-hybridized carbons (Fsp3) is 0.500. The van der Waals surface area contributed by atoms with E-state index in [0.29, 0.717) is 37.9 Å². The summed E-state index contributed by atoms with van der Waals surface area (Å²) in [6.45, 7) is 1.87. The number of Topliss-reactive ketones (excluding diaryl/α,β-unsaturated/α-hetero) is 1. The van der Waals surface area contributed by atoms with Gasteiger partial charge in [0, 0.05) is 18.7 Å². The molecule has 0 aliphatic rings. The van der Waals surface area contributed by atoms with Crippen LogP contribution in [-0.2, 0) is 17.1 Å². The summed E-state index contributed by atoms with van der Waals surface area (Å²) in [6, 6.07) is 1.18. The summed E-state index contributed by atoms with van der Waals surface area (Å²) in [6.07, 6.45) is -7.25. The molecule has 0 aromatic heterocycles. The van der Waals surface area contributed by atoms with Crippen LogP contribution in [0.1, 0.15) is 43.7 Å². The van der Waals surface area contributed by atoms with Gasteiger partial charge in [-0.15, -0.1) is 0 Å². The summed E-state index contributed by atoms with van der Waals surface area (Å²) in [5, 5.41) is 4.97. The van der Waals surface area contributed by atoms with Crippen LogP contribution in [0.3, 0.4) is 0 Å². The monoisotopic (exact) mass is 400 g/mol. The third kappa shape index (κ3) is 8.03. The van der Waals surface area contributed by atoms with E-state index < -0.39 is 29.2 Å². The van der Waals surface area contributed by atoms with Crippen LogP contribution in [-0.4, -0.2) is 17.4 Å². The number of carbonyl (C=O) groups excluding carboxylic acids is 1. The topological polar surface area (TPSA) is 41.1 Å². The van der Waals surface area contributed by atoms with Crippen molar-refractivity contribution in [3.05, 3.63) is 29.3 Å². The van der Waals surface area contributed by atoms with Crippen molar-refractivity contribution in [2.75, 3.05) is 11.9 Å². The molecule has 0 bridgehead atoms. The van der Waals surface area contributed by atoms with Gasteiger partial charge in [-0.2, -0.15) is 26.3 Å². The number of halogens is 6. The first-order valence-electron chi connectivity index (χ1n) is 7.73. The zero-order chi connectivity index (χ0) is 20.0. The van der Waals surface area contributed by atoms with Gasteiger partial charge in [0.25, 0.3) is 0 Å². The predicted octanol–water partition coefficient (Wildman–Crippen LogP) is 5.16. The van der Waals surface area contributed by atoms with E-state index in [4.69, 9.17) is 12.2 Å². The number of benzene rings is 1. The highest BCUT2D eigenvalue weighted by Gasteiger charge is 2.37. The second kappa shape index (κ2) is 9.20. The molecule has 0 aliphatic carbocycles. The number of thiocarbonyl (C=S) groups is 1. The highest BCUT2D eigenvalue weighted by Crippen LogP contribution is 2.37. The molecule has 0 spiro atoms. The van der Waals surface area contributed by atoms with Crippen LogP contribution in [0.2, 0.25) is 0 Å². The Bertz CT molecular complexity index is 610. The molecule has 0 saturated carbocycles. The van der Waals surface area contributed by atoms with Gasteiger partial charge < -0.3 is 15.4 Å². The van der Waals surface area contributed by atoms with Gasteiger partial charge in [0.2, 0.25) is 0 Å². The Morgan fingerprint density at radius 1 is 0.962 bits per heavy atom. The normalized spacial score (nSPS) is 12.0. The van der Waals surface area contributed by atoms with E-state index in [9.17, 15) is 31.1 Å². The fourth-order valence-corrected chi connectivity index (χ4v) is 2.30. The molecule has 1 rings (SSSR count). The molecule has 0 aliphatic heterocycles. The number of rotatable bonds is 7. The van der Waals surface area contributed by atoms with Gasteiger partial charge in [0.05, 0.1) is 11.1 Å². The number of hydrogen-bond acceptors (Lipinski definition) is 2. The van der Waals surface area contributed by atoms with Crippen molar-refractivity contribution in [1.29, 1.82) is 0 Å². The maximum Gasteiger partial charge on any atom is 0.416 e. The summed E-state index contributed by atoms with van der Waals surface area (Å²) in [7, 11) is 0. The molecule has 0 radical (unpaired) electrons. The first kappa shape index (κ1) is 22.2. The summed E-state index contributed by atoms with van der Waals surface area (Å²) >= 11 is 4.89. The largest absolute Gasteiger partial charge is 0.416 e. The minimum atomic E-state index is -4.91. The minimum absolute atomic E-state index is 0.0523. The Morgan fingerprint density at radius 3 is 1.96 bits per heavy atom. The molecule has 0 atom stereocenters. The molecule has 0 unspecified atom stereocenters. The Labute approximate surface area is 152 Å². The van der Waals surface area contributed by atoms with Crippen LogP contribution in [0.25, 0.3) is 0 Å². The number of hydrogen-bond donors (Lipinski definition) is 2. The van der Waals surface area contributed by atoms with Crippen molar-refractivity contribution in [1.82, 2.24) is 5.32 Å². The van der Waals surface area contributed by atoms with Gasteiger partial charge in [-0.25, -0.2) is 0 Å². The summed E-state index contributed by atoms with van der Waals surface area (Å²) < 4.78 is 76.7. The van der Waals surface area contributed by atoms with Crippen LogP contribution in [0.4, 0.5) is 32.0 Å². The molecular formula is C16H18F6N2OS. The lowest BCUT2D eigenvalue weighted by Crippen LogP contribution is -2.29. The second-order valence-corrected chi connectivity index (χ2v) is 6.10. The number of carbonyl (C=O) groups is 1. The fourth-order valence-electron chi connectivity index (χ4n) is 2.08. The van der Waals surface area contributed by atoms with E-state index in [-0.39, 0.29) is 17.0 Å². The van der Waals surface area contributed by atoms with Crippen LogP contribution < -0.4 is 10.6 Å². The Hall–Kier alpha value is -1.84. The Kier molecular flexibility index (Phi) is 7.86. The second-order valence-electron chi connectivity index (χ2n) is 5.69. The Balaban J connectivity index is 2.67. The third-order valence-electron chi connectivity index (χ3n) is 3.34. The van der Waals surface area contributed by atoms with E-state index >= 15 is 0 Å². The predicted molar refractivity (Wildman–Crippen MR) is 89.8 cm³/mol. The van der Waals surface area contributed by atoms with E-state index in [2.05, 4.69) is 10.6 Å². The summed E-state index contributed by atoms with van der Waals surface area (Å²) in [5.74, 6) is 0.0835. The smallest absolute Gasteiger partial charge is 0.362 e. The molecule has 1 aromatic carbocycles. The molecule has 26 heavy (non-hydrogen) atoms. The molecule has 0 amide bonds. The highest BCUT2D eigenvalue weighted by atomic mass is 32.1. The number of alkyl halides is 6. The molecular weight excluding hydrogens is 382 g/mol. The Morgan fingerprint density at radius 2 is 1.50 bits per heavy atom. The standard InChI is InChI=1S/C16H18F6N2OS/c1-10(25)5-3-2-4-6-23-14(26)24-13-8-11(15(17,18)19)7-12(9-13)16(20,21)22/h7-9H,2-6H2,1H3,(H2,23,24,26). The van der Waals surface area contributed by atoms with Crippen molar-refractivity contribution in [2.45, 2.75) is 45.0 Å². The van der Waals surface area contributed by atoms with Crippen LogP contribution in [0, 0.1) is 0 Å². The van der Waals surface area contributed by atoms with E-state index in [1.807, 2.05) is 0 Å². The van der Waals surface area contributed by atoms with Gasteiger partial charge in [-0.1, -0.05) is 6.42 Å². The minimum Gasteiger partial charge on any atom is -0.362 e. The van der Waals surface area contributed by atoms with Crippen molar-refractivity contribution < 1.29 is 31.1 Å². The van der Waals surface area contributed by atoms with Crippen molar-refractivity contribution in [3.63, 3.8) is 0 Å². The number of unbranched alkanes of at least 4 members (excludes halogenated alkanes) is 2. The number of ketones is 1. The zero-order valence-corrected chi connectivity index (χ0v) is 14.7. The quantitative estimate of drug-likeness (QED) is 0.377. The molecule has 3 nitrogen and oxygen atoms in total. The van der Waals surface area contributed by atoms with Gasteiger partial charge in [0.15, 0.2) is 5.11 Å². The van der Waals surface area contributed by atoms with Gasteiger partial charge in [0.1, 0.15) is 5.78 Å². The van der Waals surface area contributed by atoms with E-state index in [1.165, 1.54) is 6.92 Å². The maximum atomic E-state index is 12.8. The lowest BCUT2D eigenvalue weighted by atomic mass is 10.1. The number of anilines is 1. The van der Waals surface area contributed by atoms with Crippen LogP contribution >= 0.6 is 12.2 Å². The van der Waals surface area contributed by atoms with Crippen LogP contribution in [0.5, 0.6) is 0 Å². The molecule has 2 N–H and O–H groups in total. The molecule has 10 heteroatoms. The lowest BCUT2D eigenvalue weighted by Gasteiger charge is -2.16. The maximum absolute atomic E-state index is 12.8. The lowest BCUT2D eigenvalue weighted by molar-refractivity contribution is -0.143. The molecule has 0 fully saturated rings. The molecule has 1 aromatic rings. The van der Waals surface area contributed by atoms with Gasteiger partial charge in [-0.05, 0) is 50.2 Å². The van der Waals surface area contributed by atoms with Gasteiger partial charge in [-0.3, -0.25) is 0 Å². The summed E-state index contributed by atoms with van der Waals surface area (Å²) in [4.78, 5) is 10.8.